The average Bonchev–Trinajstić information content (AvgIpc) is 3.31. The molecule has 0 spiro atoms. The van der Waals surface area contributed by atoms with Gasteiger partial charge in [-0.25, -0.2) is 19.2 Å². The van der Waals surface area contributed by atoms with Gasteiger partial charge in [-0.05, 0) is 36.5 Å². The van der Waals surface area contributed by atoms with Crippen LogP contribution in [0.3, 0.4) is 0 Å². The van der Waals surface area contributed by atoms with Crippen molar-refractivity contribution in [2.24, 2.45) is 0 Å². The maximum absolute atomic E-state index is 13.3. The molecule has 0 aliphatic heterocycles. The molecule has 0 rings (SSSR count). The molecule has 0 heterocycles. The van der Waals surface area contributed by atoms with Crippen molar-refractivity contribution in [1.82, 2.24) is 0 Å². The first-order valence-corrected chi connectivity index (χ1v) is 33.4. The fraction of sp³-hybridized carbons (Fsp3) is 1.00. The molecule has 0 fully saturated rings. The van der Waals surface area contributed by atoms with Crippen molar-refractivity contribution in [2.75, 3.05) is 54.3 Å². The SMILES string of the molecule is CCCCCCCCCCCCCCCCSCCOOP(=O)(OOCCSCCCCCCCCCCCCCCCC)OOCCSCCCCCCCCCCCCCCCC. The van der Waals surface area contributed by atoms with E-state index in [1.165, 1.54) is 270 Å². The summed E-state index contributed by atoms with van der Waals surface area (Å²) in [4.78, 5) is 15.9. The fourth-order valence-electron chi connectivity index (χ4n) is 8.12. The zero-order valence-corrected chi connectivity index (χ0v) is 46.9. The second-order valence-corrected chi connectivity index (χ2v) is 23.8. The summed E-state index contributed by atoms with van der Waals surface area (Å²) in [6.07, 6.45) is 57.6. The summed E-state index contributed by atoms with van der Waals surface area (Å²) < 4.78 is 28.8. The highest BCUT2D eigenvalue weighted by Crippen LogP contribution is 2.50. The van der Waals surface area contributed by atoms with E-state index in [9.17, 15) is 4.57 Å². The van der Waals surface area contributed by atoms with E-state index in [4.69, 9.17) is 28.7 Å². The van der Waals surface area contributed by atoms with Crippen LogP contribution in [0.25, 0.3) is 0 Å². The van der Waals surface area contributed by atoms with Crippen LogP contribution in [0.1, 0.15) is 290 Å². The summed E-state index contributed by atoms with van der Waals surface area (Å²) in [7, 11) is -4.19. The Morgan fingerprint density at radius 3 is 0.600 bits per heavy atom. The van der Waals surface area contributed by atoms with Crippen LogP contribution in [-0.2, 0) is 33.3 Å². The van der Waals surface area contributed by atoms with E-state index in [0.717, 1.165) is 34.5 Å². The Hall–Kier alpha value is 1.04. The Bertz CT molecular complexity index is 799. The van der Waals surface area contributed by atoms with Gasteiger partial charge in [0, 0.05) is 17.3 Å². The van der Waals surface area contributed by atoms with Gasteiger partial charge in [0.25, 0.3) is 0 Å². The molecule has 0 radical (unpaired) electrons. The van der Waals surface area contributed by atoms with Gasteiger partial charge in [-0.2, -0.15) is 35.3 Å². The lowest BCUT2D eigenvalue weighted by molar-refractivity contribution is -0.320. The molecule has 392 valence electrons. The molecule has 65 heavy (non-hydrogen) atoms. The number of hydrogen-bond donors (Lipinski definition) is 0. The van der Waals surface area contributed by atoms with Crippen LogP contribution in [0.2, 0.25) is 0 Å². The number of rotatable bonds is 60. The minimum absolute atomic E-state index is 0.282. The molecule has 0 aromatic carbocycles. The van der Waals surface area contributed by atoms with Crippen LogP contribution in [0.4, 0.5) is 0 Å². The average molecular weight is 1000 g/mol. The van der Waals surface area contributed by atoms with E-state index < -0.39 is 7.82 Å². The van der Waals surface area contributed by atoms with Gasteiger partial charge in [-0.3, -0.25) is 0 Å². The number of hydrogen-bond acceptors (Lipinski definition) is 10. The van der Waals surface area contributed by atoms with Crippen molar-refractivity contribution in [3.63, 3.8) is 0 Å². The lowest BCUT2D eigenvalue weighted by Crippen LogP contribution is -2.07. The molecule has 0 N–H and O–H groups in total. The smallest absolute Gasteiger partial charge is 0.225 e. The normalized spacial score (nSPS) is 12.0. The molecular formula is C54H111O7PS3. The first kappa shape index (κ1) is 66.0. The van der Waals surface area contributed by atoms with Crippen LogP contribution in [0.5, 0.6) is 0 Å². The molecule has 11 heteroatoms. The maximum atomic E-state index is 13.3. The highest BCUT2D eigenvalue weighted by molar-refractivity contribution is 7.99. The van der Waals surface area contributed by atoms with Crippen LogP contribution < -0.4 is 0 Å². The van der Waals surface area contributed by atoms with E-state index in [2.05, 4.69) is 20.8 Å². The van der Waals surface area contributed by atoms with Crippen molar-refractivity contribution in [1.29, 1.82) is 0 Å². The Morgan fingerprint density at radius 2 is 0.415 bits per heavy atom. The number of thioether (sulfide) groups is 3. The van der Waals surface area contributed by atoms with Gasteiger partial charge in [-0.15, -0.1) is 14.0 Å². The van der Waals surface area contributed by atoms with Crippen molar-refractivity contribution in [3.8, 4) is 0 Å². The highest BCUT2D eigenvalue weighted by atomic mass is 32.2. The minimum Gasteiger partial charge on any atom is -0.225 e. The van der Waals surface area contributed by atoms with Gasteiger partial charge in [0.05, 0.1) is 19.8 Å². The molecule has 0 saturated carbocycles. The molecular weight excluding hydrogens is 888 g/mol. The topological polar surface area (TPSA) is 72.5 Å². The van der Waals surface area contributed by atoms with Gasteiger partial charge in [0.1, 0.15) is 0 Å². The lowest BCUT2D eigenvalue weighted by atomic mass is 10.0. The Kier molecular flexibility index (Phi) is 60.3. The van der Waals surface area contributed by atoms with Crippen LogP contribution in [0.15, 0.2) is 0 Å². The summed E-state index contributed by atoms with van der Waals surface area (Å²) in [5, 5.41) is 0. The van der Waals surface area contributed by atoms with E-state index in [1.54, 1.807) is 0 Å². The molecule has 0 aliphatic carbocycles. The lowest BCUT2D eigenvalue weighted by Gasteiger charge is -2.14. The fourth-order valence-corrected chi connectivity index (χ4v) is 11.2. The summed E-state index contributed by atoms with van der Waals surface area (Å²) in [5.74, 6) is 5.49. The van der Waals surface area contributed by atoms with E-state index >= 15 is 0 Å². The summed E-state index contributed by atoms with van der Waals surface area (Å²) in [6, 6.07) is 0. The number of unbranched alkanes of at least 4 members (excludes halogenated alkanes) is 39. The summed E-state index contributed by atoms with van der Waals surface area (Å²) in [6.45, 7) is 7.71. The molecule has 7 nitrogen and oxygen atoms in total. The van der Waals surface area contributed by atoms with Crippen molar-refractivity contribution < 1.29 is 33.3 Å². The minimum atomic E-state index is -4.19. The maximum Gasteiger partial charge on any atom is 0.556 e. The molecule has 0 aromatic heterocycles. The molecule has 0 amide bonds. The van der Waals surface area contributed by atoms with Gasteiger partial charge in [0.15, 0.2) is 0 Å². The number of phosphoric acid groups is 1. The monoisotopic (exact) mass is 999 g/mol. The molecule has 0 atom stereocenters. The van der Waals surface area contributed by atoms with E-state index in [0.29, 0.717) is 0 Å². The highest BCUT2D eigenvalue weighted by Gasteiger charge is 2.32. The van der Waals surface area contributed by atoms with Crippen LogP contribution in [-0.4, -0.2) is 54.3 Å². The van der Waals surface area contributed by atoms with Crippen molar-refractivity contribution in [3.05, 3.63) is 0 Å². The van der Waals surface area contributed by atoms with Gasteiger partial charge in [0.2, 0.25) is 0 Å². The zero-order valence-electron chi connectivity index (χ0n) is 43.6. The molecule has 0 saturated heterocycles. The largest absolute Gasteiger partial charge is 0.556 e. The quantitative estimate of drug-likeness (QED) is 0.0255. The Labute approximate surface area is 418 Å². The molecule has 0 bridgehead atoms. The zero-order chi connectivity index (χ0) is 46.9. The summed E-state index contributed by atoms with van der Waals surface area (Å²) in [5.41, 5.74) is 0. The first-order valence-electron chi connectivity index (χ1n) is 28.4. The van der Waals surface area contributed by atoms with Crippen LogP contribution >= 0.6 is 43.1 Å². The predicted molar refractivity (Wildman–Crippen MR) is 292 cm³/mol. The third-order valence-corrected chi connectivity index (χ3v) is 16.3. The third kappa shape index (κ3) is 57.5. The second-order valence-electron chi connectivity index (χ2n) is 18.8. The first-order chi connectivity index (χ1) is 32.2. The van der Waals surface area contributed by atoms with E-state index in [1.807, 2.05) is 35.3 Å². The standard InChI is InChI=1S/C54H111O7PS3/c1-4-7-10-13-16-19-22-25-28-31-34-37-40-43-49-63-52-46-56-59-62(55,60-57-47-53-64-50-44-41-38-35-32-29-26-23-20-17-14-11-8-5-2)61-58-48-54-65-51-45-42-39-36-33-30-27-24-21-18-15-12-9-6-3/h4-54H2,1-3H3. The van der Waals surface area contributed by atoms with Crippen molar-refractivity contribution >= 4 is 43.1 Å². The Balaban J connectivity index is 4.08. The molecule has 0 aromatic rings. The van der Waals surface area contributed by atoms with Crippen molar-refractivity contribution in [2.45, 2.75) is 290 Å². The van der Waals surface area contributed by atoms with Gasteiger partial charge >= 0.3 is 7.82 Å². The second kappa shape index (κ2) is 59.3. The third-order valence-electron chi connectivity index (χ3n) is 12.3. The molecule has 0 aliphatic rings. The Morgan fingerprint density at radius 1 is 0.246 bits per heavy atom. The van der Waals surface area contributed by atoms with E-state index in [-0.39, 0.29) is 19.8 Å². The summed E-state index contributed by atoms with van der Waals surface area (Å²) >= 11 is 5.48. The van der Waals surface area contributed by atoms with Crippen LogP contribution in [0, 0.1) is 0 Å². The molecule has 0 unspecified atom stereocenters. The van der Waals surface area contributed by atoms with Gasteiger partial charge in [-0.1, -0.05) is 271 Å². The predicted octanol–water partition coefficient (Wildman–Crippen LogP) is 20.6. The van der Waals surface area contributed by atoms with Gasteiger partial charge < -0.3 is 0 Å².